The van der Waals surface area contributed by atoms with E-state index in [0.717, 1.165) is 11.5 Å². The second-order valence-corrected chi connectivity index (χ2v) is 6.53. The van der Waals surface area contributed by atoms with Gasteiger partial charge < -0.3 is 16.0 Å². The molecule has 9 heteroatoms. The molecule has 0 aliphatic rings. The Balaban J connectivity index is 0.00000338. The summed E-state index contributed by atoms with van der Waals surface area (Å²) in [4.78, 5) is 16.0. The van der Waals surface area contributed by atoms with Gasteiger partial charge in [-0.1, -0.05) is 18.2 Å². The first kappa shape index (κ1) is 21.9. The highest BCUT2D eigenvalue weighted by Gasteiger charge is 2.14. The van der Waals surface area contributed by atoms with Crippen molar-refractivity contribution in [3.8, 4) is 5.69 Å². The monoisotopic (exact) mass is 471 g/mol. The molecule has 0 bridgehead atoms. The van der Waals surface area contributed by atoms with Crippen LogP contribution >= 0.6 is 24.0 Å². The maximum atomic E-state index is 11.9. The molecule has 0 atom stereocenters. The van der Waals surface area contributed by atoms with Gasteiger partial charge in [0.05, 0.1) is 13.1 Å². The smallest absolute Gasteiger partial charge is 0.239 e. The van der Waals surface area contributed by atoms with Gasteiger partial charge in [0.1, 0.15) is 6.33 Å². The Morgan fingerprint density at radius 3 is 2.50 bits per heavy atom. The molecule has 26 heavy (non-hydrogen) atoms. The third-order valence-electron chi connectivity index (χ3n) is 3.22. The van der Waals surface area contributed by atoms with E-state index in [1.54, 1.807) is 13.4 Å². The molecule has 8 nitrogen and oxygen atoms in total. The van der Waals surface area contributed by atoms with Gasteiger partial charge in [0.15, 0.2) is 11.8 Å². The number of carbonyl (C=O) groups is 1. The van der Waals surface area contributed by atoms with E-state index in [-0.39, 0.29) is 42.0 Å². The first-order valence-electron chi connectivity index (χ1n) is 8.09. The molecule has 0 saturated heterocycles. The molecule has 1 amide bonds. The molecule has 0 saturated carbocycles. The molecule has 2 aromatic rings. The van der Waals surface area contributed by atoms with E-state index in [2.05, 4.69) is 31.1 Å². The Hall–Kier alpha value is -2.17. The van der Waals surface area contributed by atoms with Crippen molar-refractivity contribution < 1.29 is 4.79 Å². The molecule has 1 aromatic heterocycles. The lowest BCUT2D eigenvalue weighted by Gasteiger charge is -2.21. The lowest BCUT2D eigenvalue weighted by Crippen LogP contribution is -2.48. The molecule has 0 unspecified atom stereocenters. The normalized spacial score (nSPS) is 11.5. The number of guanidine groups is 1. The third kappa shape index (κ3) is 6.98. The molecule has 3 N–H and O–H groups in total. The van der Waals surface area contributed by atoms with Gasteiger partial charge in [0.25, 0.3) is 0 Å². The summed E-state index contributed by atoms with van der Waals surface area (Å²) < 4.78 is 1.90. The summed E-state index contributed by atoms with van der Waals surface area (Å²) in [6.07, 6.45) is 1.67. The Morgan fingerprint density at radius 1 is 1.19 bits per heavy atom. The van der Waals surface area contributed by atoms with Gasteiger partial charge in [-0.25, -0.2) is 0 Å². The van der Waals surface area contributed by atoms with Crippen molar-refractivity contribution >= 4 is 35.8 Å². The minimum atomic E-state index is -0.262. The van der Waals surface area contributed by atoms with Crippen LogP contribution in [0, 0.1) is 0 Å². The molecule has 2 rings (SSSR count). The van der Waals surface area contributed by atoms with Crippen molar-refractivity contribution in [2.45, 2.75) is 32.9 Å². The van der Waals surface area contributed by atoms with Crippen LogP contribution in [0.15, 0.2) is 41.7 Å². The van der Waals surface area contributed by atoms with Crippen LogP contribution in [0.4, 0.5) is 0 Å². The molecule has 1 heterocycles. The number of aromatic nitrogens is 3. The molecule has 0 aliphatic heterocycles. The third-order valence-corrected chi connectivity index (χ3v) is 3.22. The molecule has 1 aromatic carbocycles. The highest BCUT2D eigenvalue weighted by atomic mass is 127. The fourth-order valence-corrected chi connectivity index (χ4v) is 2.19. The van der Waals surface area contributed by atoms with E-state index in [1.807, 2.05) is 55.7 Å². The second-order valence-electron chi connectivity index (χ2n) is 6.53. The maximum Gasteiger partial charge on any atom is 0.239 e. The number of halogens is 1. The van der Waals surface area contributed by atoms with Crippen LogP contribution in [0.2, 0.25) is 0 Å². The number of hydrogen-bond donors (Lipinski definition) is 3. The Bertz CT molecular complexity index is 722. The second kappa shape index (κ2) is 10.1. The summed E-state index contributed by atoms with van der Waals surface area (Å²) in [6.45, 7) is 6.38. The van der Waals surface area contributed by atoms with Gasteiger partial charge in [-0.15, -0.1) is 34.2 Å². The number of benzene rings is 1. The van der Waals surface area contributed by atoms with Crippen molar-refractivity contribution in [2.75, 3.05) is 13.6 Å². The van der Waals surface area contributed by atoms with E-state index in [0.29, 0.717) is 12.5 Å². The zero-order chi connectivity index (χ0) is 18.3. The molecular formula is C17H26IN7O. The number of nitrogens with one attached hydrogen (secondary N) is 3. The maximum absolute atomic E-state index is 11.9. The van der Waals surface area contributed by atoms with Gasteiger partial charge in [0, 0.05) is 18.3 Å². The van der Waals surface area contributed by atoms with Crippen LogP contribution in [0.3, 0.4) is 0 Å². The molecular weight excluding hydrogens is 445 g/mol. The topological polar surface area (TPSA) is 96.2 Å². The summed E-state index contributed by atoms with van der Waals surface area (Å²) in [5, 5.41) is 17.1. The van der Waals surface area contributed by atoms with Gasteiger partial charge in [-0.3, -0.25) is 14.4 Å². The molecule has 0 spiro atoms. The van der Waals surface area contributed by atoms with Crippen LogP contribution < -0.4 is 16.0 Å². The molecule has 0 radical (unpaired) electrons. The van der Waals surface area contributed by atoms with E-state index in [1.165, 1.54) is 0 Å². The van der Waals surface area contributed by atoms with E-state index in [4.69, 9.17) is 0 Å². The predicted octanol–water partition coefficient (Wildman–Crippen LogP) is 1.47. The largest absolute Gasteiger partial charge is 0.350 e. The van der Waals surface area contributed by atoms with Gasteiger partial charge in [-0.2, -0.15) is 0 Å². The zero-order valence-corrected chi connectivity index (χ0v) is 17.8. The molecule has 142 valence electrons. The number of carbonyl (C=O) groups excluding carboxylic acids is 1. The number of para-hydroxylation sites is 1. The molecule has 0 fully saturated rings. The quantitative estimate of drug-likeness (QED) is 0.349. The van der Waals surface area contributed by atoms with Crippen LogP contribution in [-0.4, -0.2) is 45.8 Å². The highest BCUT2D eigenvalue weighted by Crippen LogP contribution is 2.08. The van der Waals surface area contributed by atoms with Gasteiger partial charge in [0.2, 0.25) is 5.91 Å². The van der Waals surface area contributed by atoms with Crippen LogP contribution in [0.1, 0.15) is 26.6 Å². The first-order chi connectivity index (χ1) is 11.9. The first-order valence-corrected chi connectivity index (χ1v) is 8.09. The minimum absolute atomic E-state index is 0. The average molecular weight is 471 g/mol. The van der Waals surface area contributed by atoms with E-state index in [9.17, 15) is 4.79 Å². The Labute approximate surface area is 170 Å². The number of hydrogen-bond acceptors (Lipinski definition) is 4. The summed E-state index contributed by atoms with van der Waals surface area (Å²) in [7, 11) is 1.65. The van der Waals surface area contributed by atoms with Crippen LogP contribution in [0.25, 0.3) is 5.69 Å². The van der Waals surface area contributed by atoms with Gasteiger partial charge in [-0.05, 0) is 32.9 Å². The molecule has 0 aliphatic carbocycles. The Morgan fingerprint density at radius 2 is 1.88 bits per heavy atom. The summed E-state index contributed by atoms with van der Waals surface area (Å²) >= 11 is 0. The standard InChI is InChI=1S/C17H25N7O.HI/c1-17(2,3)22-15(25)11-20-16(18-4)19-10-14-23-21-12-24(14)13-8-6-5-7-9-13;/h5-9,12H,10-11H2,1-4H3,(H,22,25)(H2,18,19,20);1H. The highest BCUT2D eigenvalue weighted by molar-refractivity contribution is 14.0. The lowest BCUT2D eigenvalue weighted by atomic mass is 10.1. The summed E-state index contributed by atoms with van der Waals surface area (Å²) in [5.74, 6) is 1.17. The number of aliphatic imine (C=N–C) groups is 1. The zero-order valence-electron chi connectivity index (χ0n) is 15.5. The van der Waals surface area contributed by atoms with Crippen molar-refractivity contribution in [2.24, 2.45) is 4.99 Å². The SMILES string of the molecule is CN=C(NCC(=O)NC(C)(C)C)NCc1nncn1-c1ccccc1.I. The summed E-state index contributed by atoms with van der Waals surface area (Å²) in [6, 6.07) is 9.84. The average Bonchev–Trinajstić information content (AvgIpc) is 3.03. The van der Waals surface area contributed by atoms with Crippen molar-refractivity contribution in [1.82, 2.24) is 30.7 Å². The number of rotatable bonds is 5. The summed E-state index contributed by atoms with van der Waals surface area (Å²) in [5.41, 5.74) is 0.721. The number of amides is 1. The number of nitrogens with zero attached hydrogens (tertiary/aromatic N) is 4. The van der Waals surface area contributed by atoms with Crippen LogP contribution in [-0.2, 0) is 11.3 Å². The fourth-order valence-electron chi connectivity index (χ4n) is 2.19. The predicted molar refractivity (Wildman–Crippen MR) is 113 cm³/mol. The van der Waals surface area contributed by atoms with Crippen molar-refractivity contribution in [3.05, 3.63) is 42.5 Å². The van der Waals surface area contributed by atoms with E-state index < -0.39 is 0 Å². The lowest BCUT2D eigenvalue weighted by molar-refractivity contribution is -0.121. The van der Waals surface area contributed by atoms with Gasteiger partial charge >= 0.3 is 0 Å². The fraction of sp³-hybridized carbons (Fsp3) is 0.412. The van der Waals surface area contributed by atoms with Crippen LogP contribution in [0.5, 0.6) is 0 Å². The van der Waals surface area contributed by atoms with Crippen molar-refractivity contribution in [1.29, 1.82) is 0 Å². The minimum Gasteiger partial charge on any atom is -0.350 e. The van der Waals surface area contributed by atoms with E-state index >= 15 is 0 Å². The Kier molecular flexibility index (Phi) is 8.49. The van der Waals surface area contributed by atoms with Crippen molar-refractivity contribution in [3.63, 3.8) is 0 Å².